The Balaban J connectivity index is 1.31. The number of piperazine rings is 1. The largest absolute Gasteiger partial charge is 0.507 e. The SMILES string of the molecule is O=C(CN1CCN(S(=O)(=O)c2ccc(Br)cc2)CC1)N/N=C/c1c(O)ccc2ccccc12. The van der Waals surface area contributed by atoms with E-state index in [1.165, 1.54) is 10.5 Å². The number of fused-ring (bicyclic) bond motifs is 1. The Kier molecular flexibility index (Phi) is 7.08. The van der Waals surface area contributed by atoms with Crippen molar-refractivity contribution >= 4 is 48.8 Å². The van der Waals surface area contributed by atoms with Crippen molar-refractivity contribution in [3.8, 4) is 5.75 Å². The Bertz CT molecular complexity index is 1290. The molecule has 0 atom stereocenters. The van der Waals surface area contributed by atoms with Crippen molar-refractivity contribution in [1.29, 1.82) is 0 Å². The number of nitrogens with one attached hydrogen (secondary N) is 1. The molecule has 0 unspecified atom stereocenters. The topological polar surface area (TPSA) is 102 Å². The molecule has 0 aliphatic carbocycles. The second-order valence-corrected chi connectivity index (χ2v) is 10.5. The summed E-state index contributed by atoms with van der Waals surface area (Å²) in [6.45, 7) is 1.59. The summed E-state index contributed by atoms with van der Waals surface area (Å²) in [6.07, 6.45) is 1.43. The van der Waals surface area contributed by atoms with Gasteiger partial charge >= 0.3 is 0 Å². The molecule has 10 heteroatoms. The molecule has 1 amide bonds. The van der Waals surface area contributed by atoms with E-state index in [4.69, 9.17) is 0 Å². The Morgan fingerprint density at radius 1 is 1.03 bits per heavy atom. The lowest BCUT2D eigenvalue weighted by molar-refractivity contribution is -0.122. The van der Waals surface area contributed by atoms with Crippen LogP contribution in [0.5, 0.6) is 5.75 Å². The number of halogens is 1. The van der Waals surface area contributed by atoms with Crippen LogP contribution >= 0.6 is 15.9 Å². The van der Waals surface area contributed by atoms with Gasteiger partial charge in [-0.3, -0.25) is 9.69 Å². The van der Waals surface area contributed by atoms with Crippen LogP contribution in [0.1, 0.15) is 5.56 Å². The summed E-state index contributed by atoms with van der Waals surface area (Å²) < 4.78 is 27.8. The molecular formula is C23H23BrN4O4S. The van der Waals surface area contributed by atoms with E-state index in [-0.39, 0.29) is 23.1 Å². The van der Waals surface area contributed by atoms with E-state index in [0.29, 0.717) is 31.7 Å². The molecule has 4 rings (SSSR count). The van der Waals surface area contributed by atoms with Gasteiger partial charge in [0.25, 0.3) is 5.91 Å². The second-order valence-electron chi connectivity index (χ2n) is 7.65. The zero-order chi connectivity index (χ0) is 23.4. The molecule has 3 aromatic rings. The van der Waals surface area contributed by atoms with Gasteiger partial charge in [0.1, 0.15) is 5.75 Å². The van der Waals surface area contributed by atoms with Gasteiger partial charge in [-0.1, -0.05) is 46.3 Å². The van der Waals surface area contributed by atoms with Crippen LogP contribution in [-0.4, -0.2) is 67.6 Å². The lowest BCUT2D eigenvalue weighted by Crippen LogP contribution is -2.50. The highest BCUT2D eigenvalue weighted by molar-refractivity contribution is 9.10. The van der Waals surface area contributed by atoms with Gasteiger partial charge in [0, 0.05) is 36.2 Å². The first-order valence-corrected chi connectivity index (χ1v) is 12.6. The van der Waals surface area contributed by atoms with Crippen molar-refractivity contribution in [3.63, 3.8) is 0 Å². The van der Waals surface area contributed by atoms with Gasteiger partial charge in [-0.05, 0) is 41.1 Å². The normalized spacial score (nSPS) is 15.8. The van der Waals surface area contributed by atoms with E-state index < -0.39 is 10.0 Å². The number of hydrazone groups is 1. The first kappa shape index (κ1) is 23.4. The molecule has 0 bridgehead atoms. The molecule has 0 saturated carbocycles. The lowest BCUT2D eigenvalue weighted by Gasteiger charge is -2.33. The van der Waals surface area contributed by atoms with Crippen LogP contribution in [0, 0.1) is 0 Å². The molecule has 0 spiro atoms. The molecule has 1 fully saturated rings. The summed E-state index contributed by atoms with van der Waals surface area (Å²) in [5.74, 6) is -0.231. The maximum atomic E-state index is 12.8. The predicted octanol–water partition coefficient (Wildman–Crippen LogP) is 2.76. The Hall–Kier alpha value is -2.79. The number of hydrogen-bond donors (Lipinski definition) is 2. The Labute approximate surface area is 200 Å². The minimum absolute atomic E-state index is 0.0785. The molecule has 1 aliphatic heterocycles. The van der Waals surface area contributed by atoms with E-state index >= 15 is 0 Å². The molecule has 1 saturated heterocycles. The monoisotopic (exact) mass is 530 g/mol. The number of sulfonamides is 1. The summed E-state index contributed by atoms with van der Waals surface area (Å²) in [5, 5.41) is 15.9. The number of aromatic hydroxyl groups is 1. The third-order valence-corrected chi connectivity index (χ3v) is 7.92. The molecule has 3 aromatic carbocycles. The van der Waals surface area contributed by atoms with Crippen LogP contribution in [0.4, 0.5) is 0 Å². The van der Waals surface area contributed by atoms with Gasteiger partial charge in [0.2, 0.25) is 10.0 Å². The number of phenols is 1. The lowest BCUT2D eigenvalue weighted by atomic mass is 10.0. The average molecular weight is 531 g/mol. The standard InChI is InChI=1S/C23H23BrN4O4S/c24-18-6-8-19(9-7-18)33(31,32)28-13-11-27(12-14-28)16-23(30)26-25-15-21-20-4-2-1-3-17(20)5-10-22(21)29/h1-10,15,29H,11-14,16H2,(H,26,30)/b25-15+. The van der Waals surface area contributed by atoms with Crippen LogP contribution < -0.4 is 5.43 Å². The molecule has 2 N–H and O–H groups in total. The van der Waals surface area contributed by atoms with Crippen molar-refractivity contribution < 1.29 is 18.3 Å². The van der Waals surface area contributed by atoms with Crippen LogP contribution in [0.3, 0.4) is 0 Å². The maximum Gasteiger partial charge on any atom is 0.254 e. The molecule has 172 valence electrons. The highest BCUT2D eigenvalue weighted by Crippen LogP contribution is 2.25. The number of rotatable bonds is 6. The van der Waals surface area contributed by atoms with Crippen LogP contribution in [0.15, 0.2) is 75.1 Å². The van der Waals surface area contributed by atoms with Gasteiger partial charge in [0.15, 0.2) is 0 Å². The number of benzene rings is 3. The first-order valence-electron chi connectivity index (χ1n) is 10.4. The van der Waals surface area contributed by atoms with Crippen LogP contribution in [0.2, 0.25) is 0 Å². The van der Waals surface area contributed by atoms with E-state index in [1.54, 1.807) is 30.3 Å². The molecule has 8 nitrogen and oxygen atoms in total. The molecule has 0 aromatic heterocycles. The molecule has 0 radical (unpaired) electrons. The number of nitrogens with zero attached hydrogens (tertiary/aromatic N) is 3. The Morgan fingerprint density at radius 3 is 2.45 bits per heavy atom. The fourth-order valence-corrected chi connectivity index (χ4v) is 5.40. The fourth-order valence-electron chi connectivity index (χ4n) is 3.71. The van der Waals surface area contributed by atoms with Crippen molar-refractivity contribution in [1.82, 2.24) is 14.6 Å². The summed E-state index contributed by atoms with van der Waals surface area (Å²) in [6, 6.07) is 17.5. The minimum atomic E-state index is -3.56. The van der Waals surface area contributed by atoms with Crippen molar-refractivity contribution in [2.24, 2.45) is 5.10 Å². The number of amides is 1. The van der Waals surface area contributed by atoms with Crippen molar-refractivity contribution in [2.75, 3.05) is 32.7 Å². The molecule has 33 heavy (non-hydrogen) atoms. The van der Waals surface area contributed by atoms with E-state index in [1.807, 2.05) is 35.2 Å². The smallest absolute Gasteiger partial charge is 0.254 e. The summed E-state index contributed by atoms with van der Waals surface area (Å²) >= 11 is 3.31. The van der Waals surface area contributed by atoms with E-state index in [2.05, 4.69) is 26.5 Å². The fraction of sp³-hybridized carbons (Fsp3) is 0.217. The number of carbonyl (C=O) groups excluding carboxylic acids is 1. The Morgan fingerprint density at radius 2 is 1.73 bits per heavy atom. The number of phenolic OH excluding ortho intramolecular Hbond substituents is 1. The second kappa shape index (κ2) is 10.0. The maximum absolute atomic E-state index is 12.8. The zero-order valence-electron chi connectivity index (χ0n) is 17.7. The third kappa shape index (κ3) is 5.41. The number of carbonyl (C=O) groups is 1. The third-order valence-electron chi connectivity index (χ3n) is 5.48. The quantitative estimate of drug-likeness (QED) is 0.376. The minimum Gasteiger partial charge on any atom is -0.507 e. The van der Waals surface area contributed by atoms with Gasteiger partial charge in [-0.25, -0.2) is 13.8 Å². The van der Waals surface area contributed by atoms with E-state index in [9.17, 15) is 18.3 Å². The van der Waals surface area contributed by atoms with Gasteiger partial charge in [0.05, 0.1) is 17.7 Å². The van der Waals surface area contributed by atoms with Gasteiger partial charge < -0.3 is 5.11 Å². The number of hydrogen-bond acceptors (Lipinski definition) is 6. The summed E-state index contributed by atoms with van der Waals surface area (Å²) in [4.78, 5) is 14.5. The molecule has 1 aliphatic rings. The predicted molar refractivity (Wildman–Crippen MR) is 131 cm³/mol. The molecular weight excluding hydrogens is 508 g/mol. The van der Waals surface area contributed by atoms with Crippen molar-refractivity contribution in [3.05, 3.63) is 70.7 Å². The highest BCUT2D eigenvalue weighted by atomic mass is 79.9. The van der Waals surface area contributed by atoms with Crippen LogP contribution in [0.25, 0.3) is 10.8 Å². The first-order chi connectivity index (χ1) is 15.8. The van der Waals surface area contributed by atoms with Gasteiger partial charge in [-0.2, -0.15) is 9.41 Å². The van der Waals surface area contributed by atoms with Crippen LogP contribution in [-0.2, 0) is 14.8 Å². The zero-order valence-corrected chi connectivity index (χ0v) is 20.1. The summed E-state index contributed by atoms with van der Waals surface area (Å²) in [7, 11) is -3.56. The summed E-state index contributed by atoms with van der Waals surface area (Å²) in [5.41, 5.74) is 3.01. The highest BCUT2D eigenvalue weighted by Gasteiger charge is 2.29. The van der Waals surface area contributed by atoms with Crippen molar-refractivity contribution in [2.45, 2.75) is 4.90 Å². The van der Waals surface area contributed by atoms with Gasteiger partial charge in [-0.15, -0.1) is 0 Å². The molecule has 1 heterocycles. The average Bonchev–Trinajstić information content (AvgIpc) is 2.81. The van der Waals surface area contributed by atoms with E-state index in [0.717, 1.165) is 15.2 Å².